The standard InChI is InChI=1S/C28H34F5N5O2.2ClH/c1-25(5-6-25)24(40)38-16-19(14-22(38)23(39)35-26(17-34)7-8-26)27(29,30)20-4-3-18(13-21(20)28(31,32)33)15-37-11-9-36(2)10-12-37;;/h3-4,13,19,22H,5-12,14-16H2,1-2H3,(H,35,39);2*1H/t19?,22-;;/m0../s1. The molecule has 0 spiro atoms. The van der Waals surface area contributed by atoms with Crippen molar-refractivity contribution < 1.29 is 31.5 Å². The van der Waals surface area contributed by atoms with Crippen molar-refractivity contribution in [3.63, 3.8) is 0 Å². The summed E-state index contributed by atoms with van der Waals surface area (Å²) in [6.45, 7) is 4.23. The molecule has 42 heavy (non-hydrogen) atoms. The monoisotopic (exact) mass is 639 g/mol. The number of hydrogen-bond acceptors (Lipinski definition) is 5. The molecule has 1 unspecified atom stereocenters. The van der Waals surface area contributed by atoms with Crippen LogP contribution in [0.25, 0.3) is 0 Å². The summed E-state index contributed by atoms with van der Waals surface area (Å²) in [5, 5.41) is 11.9. The van der Waals surface area contributed by atoms with Gasteiger partial charge in [-0.15, -0.1) is 24.8 Å². The van der Waals surface area contributed by atoms with Gasteiger partial charge in [-0.2, -0.15) is 18.4 Å². The number of carbonyl (C=O) groups is 2. The highest BCUT2D eigenvalue weighted by Gasteiger charge is 2.58. The first-order chi connectivity index (χ1) is 18.7. The fourth-order valence-corrected chi connectivity index (χ4v) is 5.73. The van der Waals surface area contributed by atoms with E-state index in [1.54, 1.807) is 6.92 Å². The predicted molar refractivity (Wildman–Crippen MR) is 149 cm³/mol. The van der Waals surface area contributed by atoms with Crippen LogP contribution < -0.4 is 5.32 Å². The lowest BCUT2D eigenvalue weighted by molar-refractivity contribution is -0.146. The van der Waals surface area contributed by atoms with Crippen LogP contribution in [0.15, 0.2) is 18.2 Å². The van der Waals surface area contributed by atoms with E-state index in [0.717, 1.165) is 30.1 Å². The summed E-state index contributed by atoms with van der Waals surface area (Å²) in [4.78, 5) is 31.6. The molecule has 5 rings (SSSR count). The van der Waals surface area contributed by atoms with E-state index in [9.17, 15) is 28.0 Å². The molecular formula is C28H36Cl2F5N5O2. The summed E-state index contributed by atoms with van der Waals surface area (Å²) < 4.78 is 74.6. The van der Waals surface area contributed by atoms with Crippen molar-refractivity contribution in [2.45, 2.75) is 69.3 Å². The van der Waals surface area contributed by atoms with E-state index in [1.807, 2.05) is 18.0 Å². The molecule has 1 aromatic rings. The highest BCUT2D eigenvalue weighted by atomic mass is 35.5. The Balaban J connectivity index is 0.00000242. The average molecular weight is 641 g/mol. The number of likely N-dealkylation sites (tertiary alicyclic amines) is 1. The van der Waals surface area contributed by atoms with Crippen molar-refractivity contribution in [1.82, 2.24) is 20.0 Å². The van der Waals surface area contributed by atoms with Gasteiger partial charge in [0.15, 0.2) is 0 Å². The molecule has 1 N–H and O–H groups in total. The maximum atomic E-state index is 16.0. The molecule has 1 aromatic carbocycles. The first-order valence-electron chi connectivity index (χ1n) is 13.7. The molecule has 4 fully saturated rings. The highest BCUT2D eigenvalue weighted by Crippen LogP contribution is 2.51. The second kappa shape index (κ2) is 12.1. The molecule has 2 amide bonds. The van der Waals surface area contributed by atoms with Crippen molar-refractivity contribution in [1.29, 1.82) is 5.26 Å². The van der Waals surface area contributed by atoms with Gasteiger partial charge in [-0.05, 0) is 50.8 Å². The molecule has 4 aliphatic rings. The number of rotatable bonds is 7. The summed E-state index contributed by atoms with van der Waals surface area (Å²) in [5.74, 6) is -6.82. The molecule has 2 heterocycles. The minimum Gasteiger partial charge on any atom is -0.336 e. The van der Waals surface area contributed by atoms with Crippen molar-refractivity contribution >= 4 is 36.6 Å². The van der Waals surface area contributed by atoms with Crippen molar-refractivity contribution in [2.75, 3.05) is 39.8 Å². The van der Waals surface area contributed by atoms with E-state index in [1.165, 1.54) is 6.07 Å². The summed E-state index contributed by atoms with van der Waals surface area (Å²) in [6, 6.07) is 3.70. The molecule has 14 heteroatoms. The Bertz CT molecular complexity index is 1220. The highest BCUT2D eigenvalue weighted by molar-refractivity contribution is 5.92. The molecule has 2 atom stereocenters. The number of alkyl halides is 5. The molecule has 2 saturated heterocycles. The van der Waals surface area contributed by atoms with Gasteiger partial charge in [0.25, 0.3) is 5.92 Å². The van der Waals surface area contributed by atoms with Crippen molar-refractivity contribution in [3.8, 4) is 6.07 Å². The van der Waals surface area contributed by atoms with Crippen LogP contribution in [0.3, 0.4) is 0 Å². The smallest absolute Gasteiger partial charge is 0.336 e. The number of carbonyl (C=O) groups excluding carboxylic acids is 2. The lowest BCUT2D eigenvalue weighted by atomic mass is 9.88. The maximum Gasteiger partial charge on any atom is 0.416 e. The van der Waals surface area contributed by atoms with Crippen LogP contribution in [0.5, 0.6) is 0 Å². The molecular weight excluding hydrogens is 604 g/mol. The number of piperazine rings is 1. The average Bonchev–Trinajstić information content (AvgIpc) is 3.80. The van der Waals surface area contributed by atoms with Crippen LogP contribution in [0.1, 0.15) is 55.7 Å². The number of benzene rings is 1. The molecule has 7 nitrogen and oxygen atoms in total. The summed E-state index contributed by atoms with van der Waals surface area (Å²) in [5.41, 5.74) is -4.08. The van der Waals surface area contributed by atoms with Gasteiger partial charge in [0.2, 0.25) is 11.8 Å². The zero-order chi connectivity index (χ0) is 29.1. The SMILES string of the molecule is CN1CCN(Cc2ccc(C(F)(F)C3C[C@@H](C(=O)NC4(C#N)CC4)N(C(=O)C4(C)CC4)C3)c(C(F)(F)F)c2)CC1.Cl.Cl. The Labute approximate surface area is 254 Å². The maximum absolute atomic E-state index is 16.0. The van der Waals surface area contributed by atoms with Gasteiger partial charge in [0.1, 0.15) is 11.6 Å². The number of halogens is 7. The van der Waals surface area contributed by atoms with Gasteiger partial charge in [-0.3, -0.25) is 14.5 Å². The van der Waals surface area contributed by atoms with Gasteiger partial charge in [-0.1, -0.05) is 19.1 Å². The van der Waals surface area contributed by atoms with Crippen LogP contribution in [0.4, 0.5) is 22.0 Å². The van der Waals surface area contributed by atoms with Crippen LogP contribution in [0, 0.1) is 22.7 Å². The Morgan fingerprint density at radius 3 is 2.17 bits per heavy atom. The number of hydrogen-bond donors (Lipinski definition) is 1. The Morgan fingerprint density at radius 2 is 1.64 bits per heavy atom. The third-order valence-electron chi connectivity index (χ3n) is 8.97. The van der Waals surface area contributed by atoms with E-state index in [0.29, 0.717) is 44.3 Å². The number of nitriles is 1. The van der Waals surface area contributed by atoms with Crippen LogP contribution in [-0.2, 0) is 28.2 Å². The fraction of sp³-hybridized carbons (Fsp3) is 0.679. The van der Waals surface area contributed by atoms with Crippen LogP contribution >= 0.6 is 24.8 Å². The number of likely N-dealkylation sites (N-methyl/N-ethyl adjacent to an activating group) is 1. The summed E-state index contributed by atoms with van der Waals surface area (Å²) >= 11 is 0. The molecule has 2 aliphatic carbocycles. The first kappa shape index (κ1) is 34.3. The second-order valence-corrected chi connectivity index (χ2v) is 12.2. The second-order valence-electron chi connectivity index (χ2n) is 12.2. The molecule has 0 radical (unpaired) electrons. The van der Waals surface area contributed by atoms with Crippen molar-refractivity contribution in [3.05, 3.63) is 34.9 Å². The van der Waals surface area contributed by atoms with E-state index < -0.39 is 70.9 Å². The van der Waals surface area contributed by atoms with Gasteiger partial charge in [0, 0.05) is 56.2 Å². The van der Waals surface area contributed by atoms with Crippen LogP contribution in [0.2, 0.25) is 0 Å². The van der Waals surface area contributed by atoms with Gasteiger partial charge < -0.3 is 15.1 Å². The molecule has 0 bridgehead atoms. The largest absolute Gasteiger partial charge is 0.416 e. The first-order valence-corrected chi connectivity index (χ1v) is 13.7. The lowest BCUT2D eigenvalue weighted by Gasteiger charge is -2.32. The quantitative estimate of drug-likeness (QED) is 0.442. The van der Waals surface area contributed by atoms with Gasteiger partial charge in [0.05, 0.1) is 11.6 Å². The molecule has 0 aromatic heterocycles. The van der Waals surface area contributed by atoms with Gasteiger partial charge in [-0.25, -0.2) is 8.78 Å². The zero-order valence-corrected chi connectivity index (χ0v) is 25.1. The van der Waals surface area contributed by atoms with Gasteiger partial charge >= 0.3 is 6.18 Å². The van der Waals surface area contributed by atoms with E-state index in [-0.39, 0.29) is 31.4 Å². The number of nitrogens with one attached hydrogen (secondary N) is 1. The lowest BCUT2D eigenvalue weighted by Crippen LogP contribution is -2.50. The Hall–Kier alpha value is -2.20. The van der Waals surface area contributed by atoms with E-state index in [2.05, 4.69) is 10.2 Å². The minimum absolute atomic E-state index is 0. The third-order valence-corrected chi connectivity index (χ3v) is 8.97. The molecule has 2 saturated carbocycles. The Kier molecular flexibility index (Phi) is 9.85. The predicted octanol–water partition coefficient (Wildman–Crippen LogP) is 4.58. The molecule has 234 valence electrons. The van der Waals surface area contributed by atoms with Crippen LogP contribution in [-0.4, -0.2) is 77.9 Å². The normalized spacial score (nSPS) is 25.0. The summed E-state index contributed by atoms with van der Waals surface area (Å²) in [7, 11) is 1.96. The number of nitrogens with zero attached hydrogens (tertiary/aromatic N) is 4. The topological polar surface area (TPSA) is 79.7 Å². The van der Waals surface area contributed by atoms with Crippen molar-refractivity contribution in [2.24, 2.45) is 11.3 Å². The third kappa shape index (κ3) is 6.79. The summed E-state index contributed by atoms with van der Waals surface area (Å²) in [6.07, 6.45) is -3.58. The zero-order valence-electron chi connectivity index (χ0n) is 23.5. The van der Waals surface area contributed by atoms with E-state index >= 15 is 8.78 Å². The van der Waals surface area contributed by atoms with E-state index in [4.69, 9.17) is 0 Å². The minimum atomic E-state index is -5.02. The fourth-order valence-electron chi connectivity index (χ4n) is 5.73. The Morgan fingerprint density at radius 1 is 1.02 bits per heavy atom. The molecule has 2 aliphatic heterocycles. The number of amides is 2.